The van der Waals surface area contributed by atoms with Crippen LogP contribution in [0.25, 0.3) is 0 Å². The highest BCUT2D eigenvalue weighted by Crippen LogP contribution is 2.27. The predicted octanol–water partition coefficient (Wildman–Crippen LogP) is 5.21. The third kappa shape index (κ3) is 4.60. The van der Waals surface area contributed by atoms with E-state index in [2.05, 4.69) is 27.9 Å². The number of hydrogen-bond donors (Lipinski definition) is 0. The van der Waals surface area contributed by atoms with Crippen LogP contribution in [0.4, 0.5) is 0 Å². The summed E-state index contributed by atoms with van der Waals surface area (Å²) in [5.74, 6) is 2.97. The molecule has 27 heavy (non-hydrogen) atoms. The molecule has 0 heterocycles. The Kier molecular flexibility index (Phi) is 6.00. The third-order valence-corrected chi connectivity index (χ3v) is 6.41. The van der Waals surface area contributed by atoms with Gasteiger partial charge in [-0.25, -0.2) is 12.7 Å². The molecule has 0 saturated carbocycles. The Hall–Kier alpha value is -2.55. The van der Waals surface area contributed by atoms with Crippen LogP contribution in [0.15, 0.2) is 94.3 Å². The summed E-state index contributed by atoms with van der Waals surface area (Å²) in [6.45, 7) is 1.84. The number of benzene rings is 3. The van der Waals surface area contributed by atoms with E-state index in [0.717, 1.165) is 15.6 Å². The molecule has 3 aromatic carbocycles. The third-order valence-electron chi connectivity index (χ3n) is 4.09. The molecule has 0 bridgehead atoms. The lowest BCUT2D eigenvalue weighted by molar-refractivity contribution is 0.447. The number of nitrogens with zero attached hydrogens (tertiary/aromatic N) is 1. The fraction of sp³-hybridized carbons (Fsp3) is 0.0909. The van der Waals surface area contributed by atoms with Gasteiger partial charge in [0.15, 0.2) is 0 Å². The molecule has 3 aromatic rings. The Morgan fingerprint density at radius 1 is 0.852 bits per heavy atom. The van der Waals surface area contributed by atoms with E-state index in [1.54, 1.807) is 24.3 Å². The van der Waals surface area contributed by atoms with E-state index in [0.29, 0.717) is 0 Å². The smallest absolute Gasteiger partial charge is 0.217 e. The van der Waals surface area contributed by atoms with E-state index < -0.39 is 16.1 Å². The van der Waals surface area contributed by atoms with Gasteiger partial charge in [0.25, 0.3) is 10.0 Å². The summed E-state index contributed by atoms with van der Waals surface area (Å²) in [6, 6.07) is 27.8. The SMILES string of the molecule is CC(c1ccccc1)N(C#Cc1ccccc1)S(=O)(=O)c1ccc(Br)cc1. The molecular formula is C22H18BrNO2S. The minimum absolute atomic E-state index is 0.204. The van der Waals surface area contributed by atoms with Gasteiger partial charge in [-0.2, -0.15) is 0 Å². The second-order valence-electron chi connectivity index (χ2n) is 5.94. The van der Waals surface area contributed by atoms with Crippen LogP contribution in [0.1, 0.15) is 24.1 Å². The molecule has 5 heteroatoms. The van der Waals surface area contributed by atoms with Crippen LogP contribution in [0, 0.1) is 12.0 Å². The van der Waals surface area contributed by atoms with Crippen LogP contribution in [0.5, 0.6) is 0 Å². The maximum Gasteiger partial charge on any atom is 0.271 e. The summed E-state index contributed by atoms with van der Waals surface area (Å²) >= 11 is 3.34. The van der Waals surface area contributed by atoms with Gasteiger partial charge >= 0.3 is 0 Å². The van der Waals surface area contributed by atoms with Crippen molar-refractivity contribution in [3.8, 4) is 12.0 Å². The van der Waals surface area contributed by atoms with E-state index in [-0.39, 0.29) is 4.90 Å². The van der Waals surface area contributed by atoms with E-state index in [1.165, 1.54) is 4.31 Å². The Bertz CT molecular complexity index is 1050. The number of sulfonamides is 1. The molecule has 1 unspecified atom stereocenters. The van der Waals surface area contributed by atoms with Crippen LogP contribution in [0.2, 0.25) is 0 Å². The molecule has 0 aliphatic carbocycles. The van der Waals surface area contributed by atoms with E-state index in [9.17, 15) is 8.42 Å². The highest BCUT2D eigenvalue weighted by Gasteiger charge is 2.27. The van der Waals surface area contributed by atoms with Gasteiger partial charge in [0.2, 0.25) is 0 Å². The molecule has 0 aliphatic rings. The van der Waals surface area contributed by atoms with Gasteiger partial charge in [-0.3, -0.25) is 0 Å². The van der Waals surface area contributed by atoms with Crippen molar-refractivity contribution in [1.29, 1.82) is 0 Å². The molecule has 1 atom stereocenters. The number of rotatable bonds is 4. The predicted molar refractivity (Wildman–Crippen MR) is 111 cm³/mol. The fourth-order valence-electron chi connectivity index (χ4n) is 2.59. The quantitative estimate of drug-likeness (QED) is 0.413. The summed E-state index contributed by atoms with van der Waals surface area (Å²) < 4.78 is 28.6. The van der Waals surface area contributed by atoms with Crippen LogP contribution < -0.4 is 0 Å². The highest BCUT2D eigenvalue weighted by atomic mass is 79.9. The summed E-state index contributed by atoms with van der Waals surface area (Å²) in [4.78, 5) is 0.204. The van der Waals surface area contributed by atoms with Crippen molar-refractivity contribution in [1.82, 2.24) is 4.31 Å². The van der Waals surface area contributed by atoms with Crippen LogP contribution >= 0.6 is 15.9 Å². The van der Waals surface area contributed by atoms with Crippen LogP contribution in [-0.2, 0) is 10.0 Å². The first-order valence-corrected chi connectivity index (χ1v) is 10.6. The summed E-state index contributed by atoms with van der Waals surface area (Å²) in [7, 11) is -3.80. The van der Waals surface area contributed by atoms with Crippen molar-refractivity contribution in [2.24, 2.45) is 0 Å². The Morgan fingerprint density at radius 2 is 1.41 bits per heavy atom. The molecule has 3 rings (SSSR count). The Morgan fingerprint density at radius 3 is 2.00 bits per heavy atom. The zero-order valence-corrected chi connectivity index (χ0v) is 17.1. The normalized spacial score (nSPS) is 11.9. The second-order valence-corrected chi connectivity index (χ2v) is 8.67. The zero-order valence-electron chi connectivity index (χ0n) is 14.7. The zero-order chi connectivity index (χ0) is 19.3. The van der Waals surface area contributed by atoms with Crippen molar-refractivity contribution < 1.29 is 8.42 Å². The average molecular weight is 440 g/mol. The van der Waals surface area contributed by atoms with Gasteiger partial charge in [0, 0.05) is 16.1 Å². The maximum atomic E-state index is 13.3. The van der Waals surface area contributed by atoms with Crippen LogP contribution in [-0.4, -0.2) is 12.7 Å². The van der Waals surface area contributed by atoms with Gasteiger partial charge in [-0.1, -0.05) is 64.5 Å². The summed E-state index contributed by atoms with van der Waals surface area (Å²) in [5, 5.41) is 0. The molecule has 0 spiro atoms. The number of halogens is 1. The Balaban J connectivity index is 2.07. The van der Waals surface area contributed by atoms with Crippen molar-refractivity contribution in [2.45, 2.75) is 17.9 Å². The monoisotopic (exact) mass is 439 g/mol. The lowest BCUT2D eigenvalue weighted by Gasteiger charge is -2.25. The molecule has 0 amide bonds. The van der Waals surface area contributed by atoms with Gasteiger partial charge in [0.1, 0.15) is 0 Å². The summed E-state index contributed by atoms with van der Waals surface area (Å²) in [5.41, 5.74) is 1.63. The van der Waals surface area contributed by atoms with E-state index >= 15 is 0 Å². The summed E-state index contributed by atoms with van der Waals surface area (Å²) in [6.07, 6.45) is 0. The van der Waals surface area contributed by atoms with Gasteiger partial charge in [-0.15, -0.1) is 0 Å². The van der Waals surface area contributed by atoms with E-state index in [4.69, 9.17) is 0 Å². The number of hydrogen-bond acceptors (Lipinski definition) is 2. The second kappa shape index (κ2) is 8.43. The Labute approximate surface area is 168 Å². The van der Waals surface area contributed by atoms with Crippen molar-refractivity contribution in [3.05, 3.63) is 101 Å². The lowest BCUT2D eigenvalue weighted by atomic mass is 10.1. The van der Waals surface area contributed by atoms with Crippen molar-refractivity contribution in [2.75, 3.05) is 0 Å². The standard InChI is InChI=1S/C22H18BrNO2S/c1-18(20-10-6-3-7-11-20)24(17-16-19-8-4-2-5-9-19)27(25,26)22-14-12-21(23)13-15-22/h2-15,18H,1H3. The molecule has 0 radical (unpaired) electrons. The molecule has 136 valence electrons. The van der Waals surface area contributed by atoms with Gasteiger partial charge < -0.3 is 0 Å². The molecule has 0 fully saturated rings. The molecule has 0 saturated heterocycles. The first-order chi connectivity index (χ1) is 13.0. The molecular weight excluding hydrogens is 422 g/mol. The minimum atomic E-state index is -3.80. The first kappa shape index (κ1) is 19.2. The lowest BCUT2D eigenvalue weighted by Crippen LogP contribution is -2.29. The maximum absolute atomic E-state index is 13.3. The first-order valence-electron chi connectivity index (χ1n) is 8.40. The van der Waals surface area contributed by atoms with Crippen molar-refractivity contribution in [3.63, 3.8) is 0 Å². The minimum Gasteiger partial charge on any atom is -0.217 e. The molecule has 0 N–H and O–H groups in total. The highest BCUT2D eigenvalue weighted by molar-refractivity contribution is 9.10. The van der Waals surface area contributed by atoms with Crippen molar-refractivity contribution >= 4 is 26.0 Å². The van der Waals surface area contributed by atoms with Gasteiger partial charge in [0.05, 0.1) is 10.9 Å². The molecule has 0 aromatic heterocycles. The van der Waals surface area contributed by atoms with E-state index in [1.807, 2.05) is 67.6 Å². The van der Waals surface area contributed by atoms with Crippen LogP contribution in [0.3, 0.4) is 0 Å². The molecule has 3 nitrogen and oxygen atoms in total. The largest absolute Gasteiger partial charge is 0.271 e. The average Bonchev–Trinajstić information content (AvgIpc) is 2.69. The molecule has 0 aliphatic heterocycles. The topological polar surface area (TPSA) is 37.4 Å². The fourth-order valence-corrected chi connectivity index (χ4v) is 4.27. The van der Waals surface area contributed by atoms with Gasteiger partial charge in [-0.05, 0) is 54.8 Å².